The number of aromatic nitrogens is 2. The quantitative estimate of drug-likeness (QED) is 0.394. The fourth-order valence-corrected chi connectivity index (χ4v) is 2.58. The summed E-state index contributed by atoms with van der Waals surface area (Å²) in [5.41, 5.74) is 1.09. The maximum Gasteiger partial charge on any atom is 0.293 e. The molecule has 8 nitrogen and oxygen atoms in total. The molecule has 0 aliphatic carbocycles. The molecule has 1 N–H and O–H groups in total. The second-order valence-electron chi connectivity index (χ2n) is 5.88. The first kappa shape index (κ1) is 18.0. The number of hydrogen-bond acceptors (Lipinski definition) is 5. The van der Waals surface area contributed by atoms with Gasteiger partial charge in [-0.1, -0.05) is 36.4 Å². The van der Waals surface area contributed by atoms with Crippen LogP contribution in [-0.2, 0) is 22.6 Å². The van der Waals surface area contributed by atoms with E-state index in [4.69, 9.17) is 0 Å². The van der Waals surface area contributed by atoms with Crippen LogP contribution in [-0.4, -0.2) is 26.2 Å². The van der Waals surface area contributed by atoms with Gasteiger partial charge in [-0.25, -0.2) is 4.98 Å². The number of imidazole rings is 1. The Labute approximate surface area is 154 Å². The maximum absolute atomic E-state index is 12.1. The minimum absolute atomic E-state index is 0.0132. The number of Topliss-reactive ketones (excluding diaryl/α,β-unsaturated/α-hetero) is 1. The molecule has 3 rings (SSSR count). The second-order valence-corrected chi connectivity index (χ2v) is 5.88. The van der Waals surface area contributed by atoms with E-state index in [0.29, 0.717) is 17.7 Å². The zero-order valence-corrected chi connectivity index (χ0v) is 14.2. The molecule has 0 radical (unpaired) electrons. The highest BCUT2D eigenvalue weighted by Crippen LogP contribution is 2.26. The summed E-state index contributed by atoms with van der Waals surface area (Å²) in [5, 5.41) is 13.7. The van der Waals surface area contributed by atoms with Gasteiger partial charge in [0.2, 0.25) is 5.78 Å². The number of nitro benzene ring substituents is 1. The van der Waals surface area contributed by atoms with E-state index in [1.165, 1.54) is 12.1 Å². The van der Waals surface area contributed by atoms with E-state index < -0.39 is 16.6 Å². The average molecular weight is 364 g/mol. The molecule has 0 fully saturated rings. The number of carbonyl (C=O) groups is 2. The highest BCUT2D eigenvalue weighted by Gasteiger charge is 2.20. The summed E-state index contributed by atoms with van der Waals surface area (Å²) < 4.78 is 1.76. The summed E-state index contributed by atoms with van der Waals surface area (Å²) in [5.74, 6) is -1.55. The summed E-state index contributed by atoms with van der Waals surface area (Å²) >= 11 is 0. The summed E-state index contributed by atoms with van der Waals surface area (Å²) in [7, 11) is 0. The van der Waals surface area contributed by atoms with Crippen molar-refractivity contribution in [2.45, 2.75) is 13.0 Å². The van der Waals surface area contributed by atoms with Gasteiger partial charge in [0.15, 0.2) is 0 Å². The van der Waals surface area contributed by atoms with Crippen LogP contribution in [0, 0.1) is 10.1 Å². The zero-order chi connectivity index (χ0) is 19.2. The van der Waals surface area contributed by atoms with Crippen LogP contribution in [0.1, 0.15) is 11.1 Å². The molecule has 3 aromatic rings. The van der Waals surface area contributed by atoms with E-state index in [1.807, 2.05) is 6.07 Å². The number of rotatable bonds is 7. The van der Waals surface area contributed by atoms with Crippen LogP contribution in [0.5, 0.6) is 0 Å². The van der Waals surface area contributed by atoms with E-state index >= 15 is 0 Å². The normalized spacial score (nSPS) is 10.4. The Bertz CT molecular complexity index is 969. The van der Waals surface area contributed by atoms with Crippen molar-refractivity contribution in [2.75, 3.05) is 5.32 Å². The van der Waals surface area contributed by atoms with Gasteiger partial charge in [0.05, 0.1) is 11.3 Å². The Morgan fingerprint density at radius 2 is 1.89 bits per heavy atom. The van der Waals surface area contributed by atoms with Gasteiger partial charge < -0.3 is 9.88 Å². The first-order valence-corrected chi connectivity index (χ1v) is 8.14. The molecule has 0 atom stereocenters. The molecule has 2 aromatic carbocycles. The van der Waals surface area contributed by atoms with Crippen LogP contribution < -0.4 is 5.32 Å². The molecule has 1 aromatic heterocycles. The van der Waals surface area contributed by atoms with Crippen molar-refractivity contribution in [3.8, 4) is 0 Å². The van der Waals surface area contributed by atoms with Gasteiger partial charge in [-0.05, 0) is 17.2 Å². The number of hydrogen-bond donors (Lipinski definition) is 1. The van der Waals surface area contributed by atoms with Crippen LogP contribution in [0.3, 0.4) is 0 Å². The summed E-state index contributed by atoms with van der Waals surface area (Å²) in [6.45, 7) is 0.405. The predicted octanol–water partition coefficient (Wildman–Crippen LogP) is 2.59. The molecule has 0 aliphatic heterocycles. The number of amides is 1. The third kappa shape index (κ3) is 4.63. The van der Waals surface area contributed by atoms with Gasteiger partial charge in [-0.3, -0.25) is 19.7 Å². The van der Waals surface area contributed by atoms with Crippen molar-refractivity contribution in [3.63, 3.8) is 0 Å². The maximum atomic E-state index is 12.1. The smallest absolute Gasteiger partial charge is 0.293 e. The van der Waals surface area contributed by atoms with Crippen molar-refractivity contribution in [3.05, 3.63) is 88.5 Å². The van der Waals surface area contributed by atoms with E-state index in [2.05, 4.69) is 10.3 Å². The molecular formula is C19H16N4O4. The topological polar surface area (TPSA) is 107 Å². The molecule has 136 valence electrons. The number of anilines is 1. The molecule has 1 amide bonds. The first-order chi connectivity index (χ1) is 13.0. The molecule has 0 unspecified atom stereocenters. The van der Waals surface area contributed by atoms with E-state index in [-0.39, 0.29) is 17.8 Å². The monoisotopic (exact) mass is 364 g/mol. The summed E-state index contributed by atoms with van der Waals surface area (Å²) in [6, 6.07) is 13.3. The Morgan fingerprint density at radius 3 is 2.56 bits per heavy atom. The Balaban J connectivity index is 1.74. The van der Waals surface area contributed by atoms with Gasteiger partial charge in [0.25, 0.3) is 11.6 Å². The van der Waals surface area contributed by atoms with Gasteiger partial charge in [0.1, 0.15) is 5.69 Å². The van der Waals surface area contributed by atoms with Crippen LogP contribution in [0.2, 0.25) is 0 Å². The number of nitrogens with zero attached hydrogens (tertiary/aromatic N) is 3. The first-order valence-electron chi connectivity index (χ1n) is 8.14. The van der Waals surface area contributed by atoms with E-state index in [1.54, 1.807) is 53.6 Å². The van der Waals surface area contributed by atoms with Crippen molar-refractivity contribution < 1.29 is 14.5 Å². The van der Waals surface area contributed by atoms with Gasteiger partial charge in [0, 0.05) is 31.4 Å². The number of nitrogens with one attached hydrogen (secondary N) is 1. The zero-order valence-electron chi connectivity index (χ0n) is 14.2. The Hall–Kier alpha value is -3.81. The fraction of sp³-hybridized carbons (Fsp3) is 0.105. The highest BCUT2D eigenvalue weighted by molar-refractivity contribution is 6.41. The molecule has 0 saturated carbocycles. The molecule has 0 saturated heterocycles. The minimum Gasteiger partial charge on any atom is -0.333 e. The Kier molecular flexibility index (Phi) is 5.36. The third-order valence-electron chi connectivity index (χ3n) is 3.89. The SMILES string of the molecule is O=C(Cc1ccccc1)C(=O)Nc1ccc(Cn2ccnc2)cc1[N+](=O)[O-]. The predicted molar refractivity (Wildman–Crippen MR) is 98.2 cm³/mol. The molecule has 8 heteroatoms. The lowest BCUT2D eigenvalue weighted by atomic mass is 10.1. The van der Waals surface area contributed by atoms with Crippen LogP contribution in [0.25, 0.3) is 0 Å². The molecule has 0 aliphatic rings. The highest BCUT2D eigenvalue weighted by atomic mass is 16.6. The Morgan fingerprint density at radius 1 is 1.11 bits per heavy atom. The van der Waals surface area contributed by atoms with Crippen molar-refractivity contribution >= 4 is 23.1 Å². The number of nitro groups is 1. The lowest BCUT2D eigenvalue weighted by Gasteiger charge is -2.08. The largest absolute Gasteiger partial charge is 0.333 e. The van der Waals surface area contributed by atoms with Crippen molar-refractivity contribution in [1.29, 1.82) is 0 Å². The number of benzene rings is 2. The molecule has 0 bridgehead atoms. The minimum atomic E-state index is -0.885. The molecule has 1 heterocycles. The van der Waals surface area contributed by atoms with Crippen LogP contribution >= 0.6 is 0 Å². The van der Waals surface area contributed by atoms with E-state index in [9.17, 15) is 19.7 Å². The fourth-order valence-electron chi connectivity index (χ4n) is 2.58. The van der Waals surface area contributed by atoms with Crippen LogP contribution in [0.15, 0.2) is 67.3 Å². The standard InChI is InChI=1S/C19H16N4O4/c24-18(11-14-4-2-1-3-5-14)19(25)21-16-7-6-15(10-17(16)23(26)27)12-22-9-8-20-13-22/h1-10,13H,11-12H2,(H,21,25). The van der Waals surface area contributed by atoms with Crippen molar-refractivity contribution in [1.82, 2.24) is 9.55 Å². The average Bonchev–Trinajstić information content (AvgIpc) is 3.16. The molecule has 27 heavy (non-hydrogen) atoms. The van der Waals surface area contributed by atoms with Gasteiger partial charge >= 0.3 is 0 Å². The van der Waals surface area contributed by atoms with Gasteiger partial charge in [-0.15, -0.1) is 0 Å². The molecule has 0 spiro atoms. The number of ketones is 1. The summed E-state index contributed by atoms with van der Waals surface area (Å²) in [6.07, 6.45) is 4.88. The molecular weight excluding hydrogens is 348 g/mol. The van der Waals surface area contributed by atoms with Gasteiger partial charge in [-0.2, -0.15) is 0 Å². The summed E-state index contributed by atoms with van der Waals surface area (Å²) in [4.78, 5) is 38.9. The lowest BCUT2D eigenvalue weighted by molar-refractivity contribution is -0.384. The second kappa shape index (κ2) is 8.05. The third-order valence-corrected chi connectivity index (χ3v) is 3.89. The van der Waals surface area contributed by atoms with Crippen LogP contribution in [0.4, 0.5) is 11.4 Å². The lowest BCUT2D eigenvalue weighted by Crippen LogP contribution is -2.24. The van der Waals surface area contributed by atoms with E-state index in [0.717, 1.165) is 0 Å². The van der Waals surface area contributed by atoms with Crippen molar-refractivity contribution in [2.24, 2.45) is 0 Å². The number of carbonyl (C=O) groups excluding carboxylic acids is 2.